The number of carbonyl (C=O) groups excluding carboxylic acids is 1. The van der Waals surface area contributed by atoms with E-state index < -0.39 is 10.0 Å². The Hall–Kier alpha value is -1.64. The predicted octanol–water partition coefficient (Wildman–Crippen LogP) is -0.405. The predicted molar refractivity (Wildman–Crippen MR) is 97.7 cm³/mol. The minimum atomic E-state index is -3.50. The molecule has 1 atom stereocenters. The second-order valence-corrected chi connectivity index (χ2v) is 8.93. The molecule has 0 aromatic heterocycles. The monoisotopic (exact) mass is 382 g/mol. The number of nitrogens with one attached hydrogen (secondary N) is 1. The van der Waals surface area contributed by atoms with Crippen LogP contribution in [-0.4, -0.2) is 76.0 Å². The van der Waals surface area contributed by atoms with Crippen LogP contribution in [0.2, 0.25) is 0 Å². The minimum absolute atomic E-state index is 0.112. The summed E-state index contributed by atoms with van der Waals surface area (Å²) in [7, 11) is -1.95. The zero-order valence-electron chi connectivity index (χ0n) is 15.5. The molecule has 0 saturated carbocycles. The van der Waals surface area contributed by atoms with Gasteiger partial charge in [0.15, 0.2) is 6.04 Å². The van der Waals surface area contributed by atoms with Crippen molar-refractivity contribution in [2.45, 2.75) is 30.7 Å². The summed E-state index contributed by atoms with van der Waals surface area (Å²) < 4.78 is 32.2. The molecule has 2 aliphatic heterocycles. The van der Waals surface area contributed by atoms with Crippen LogP contribution < -0.4 is 9.64 Å². The van der Waals surface area contributed by atoms with Crippen LogP contribution in [0.4, 0.5) is 0 Å². The van der Waals surface area contributed by atoms with Gasteiger partial charge in [-0.15, -0.1) is 0 Å². The van der Waals surface area contributed by atoms with Gasteiger partial charge in [-0.25, -0.2) is 8.42 Å². The number of likely N-dealkylation sites (tertiary alicyclic amines) is 1. The Kier molecular flexibility index (Phi) is 5.84. The van der Waals surface area contributed by atoms with E-state index in [1.54, 1.807) is 31.4 Å². The number of rotatable bonds is 5. The maximum atomic E-state index is 12.8. The van der Waals surface area contributed by atoms with E-state index in [2.05, 4.69) is 0 Å². The van der Waals surface area contributed by atoms with Gasteiger partial charge in [0, 0.05) is 13.1 Å². The first kappa shape index (κ1) is 19.1. The van der Waals surface area contributed by atoms with E-state index in [9.17, 15) is 13.2 Å². The molecule has 7 nitrogen and oxygen atoms in total. The quantitative estimate of drug-likeness (QED) is 0.752. The summed E-state index contributed by atoms with van der Waals surface area (Å²) in [6.07, 6.45) is 2.17. The van der Waals surface area contributed by atoms with Gasteiger partial charge in [0.2, 0.25) is 10.0 Å². The van der Waals surface area contributed by atoms with Crippen LogP contribution in [-0.2, 0) is 14.8 Å². The van der Waals surface area contributed by atoms with Gasteiger partial charge in [-0.1, -0.05) is 0 Å². The first-order valence-corrected chi connectivity index (χ1v) is 10.6. The van der Waals surface area contributed by atoms with Crippen LogP contribution in [0, 0.1) is 0 Å². The fourth-order valence-electron chi connectivity index (χ4n) is 3.73. The molecule has 2 fully saturated rings. The minimum Gasteiger partial charge on any atom is -0.497 e. The number of amides is 1. The highest BCUT2D eigenvalue weighted by atomic mass is 32.2. The zero-order chi connectivity index (χ0) is 18.7. The molecule has 0 spiro atoms. The molecule has 2 saturated heterocycles. The van der Waals surface area contributed by atoms with E-state index in [1.807, 2.05) is 11.8 Å². The van der Waals surface area contributed by atoms with Gasteiger partial charge in [0.05, 0.1) is 38.2 Å². The third-order valence-electron chi connectivity index (χ3n) is 5.46. The average molecular weight is 383 g/mol. The first-order valence-electron chi connectivity index (χ1n) is 9.21. The topological polar surface area (TPSA) is 71.4 Å². The number of ether oxygens (including phenoxy) is 1. The number of sulfonamides is 1. The molecule has 0 aliphatic carbocycles. The number of hydrogen-bond acceptors (Lipinski definition) is 4. The van der Waals surface area contributed by atoms with E-state index in [0.717, 1.165) is 25.9 Å². The summed E-state index contributed by atoms with van der Waals surface area (Å²) in [6.45, 7) is 5.83. The van der Waals surface area contributed by atoms with Crippen LogP contribution in [0.5, 0.6) is 5.75 Å². The Labute approximate surface area is 155 Å². The molecule has 144 valence electrons. The second-order valence-electron chi connectivity index (χ2n) is 6.99. The number of methoxy groups -OCH3 is 1. The molecule has 3 rings (SSSR count). The van der Waals surface area contributed by atoms with Crippen molar-refractivity contribution >= 4 is 15.9 Å². The molecule has 2 aliphatic rings. The Bertz CT molecular complexity index is 721. The molecule has 0 radical (unpaired) electrons. The fraction of sp³-hybridized carbons (Fsp3) is 0.611. The molecular formula is C18H28N3O4S+. The number of benzene rings is 1. The highest BCUT2D eigenvalue weighted by Gasteiger charge is 2.36. The van der Waals surface area contributed by atoms with Crippen LogP contribution in [0.15, 0.2) is 29.2 Å². The summed E-state index contributed by atoms with van der Waals surface area (Å²) in [5.74, 6) is 0.830. The largest absolute Gasteiger partial charge is 0.497 e. The lowest BCUT2D eigenvalue weighted by Crippen LogP contribution is -3.19. The number of piperazine rings is 1. The van der Waals surface area contributed by atoms with Crippen LogP contribution in [0.3, 0.4) is 0 Å². The normalized spacial score (nSPS) is 20.9. The molecule has 1 N–H and O–H groups in total. The summed E-state index contributed by atoms with van der Waals surface area (Å²) in [6, 6.07) is 6.36. The maximum absolute atomic E-state index is 12.8. The van der Waals surface area contributed by atoms with Crippen LogP contribution in [0.1, 0.15) is 19.8 Å². The van der Waals surface area contributed by atoms with Crippen molar-refractivity contribution in [3.05, 3.63) is 24.3 Å². The lowest BCUT2D eigenvalue weighted by atomic mass is 10.2. The van der Waals surface area contributed by atoms with E-state index in [0.29, 0.717) is 31.9 Å². The van der Waals surface area contributed by atoms with E-state index in [4.69, 9.17) is 4.74 Å². The lowest BCUT2D eigenvalue weighted by Gasteiger charge is -2.35. The van der Waals surface area contributed by atoms with Crippen molar-refractivity contribution in [3.8, 4) is 5.75 Å². The molecule has 1 aromatic rings. The van der Waals surface area contributed by atoms with Gasteiger partial charge in [0.25, 0.3) is 5.91 Å². The lowest BCUT2D eigenvalue weighted by molar-refractivity contribution is -0.918. The highest BCUT2D eigenvalue weighted by Crippen LogP contribution is 2.19. The van der Waals surface area contributed by atoms with Crippen molar-refractivity contribution < 1.29 is 22.8 Å². The number of quaternary nitrogens is 1. The molecular weight excluding hydrogens is 354 g/mol. The van der Waals surface area contributed by atoms with Crippen LogP contribution in [0.25, 0.3) is 0 Å². The van der Waals surface area contributed by atoms with Crippen molar-refractivity contribution in [2.24, 2.45) is 0 Å². The second kappa shape index (κ2) is 7.94. The van der Waals surface area contributed by atoms with E-state index >= 15 is 0 Å². The molecule has 0 unspecified atom stereocenters. The van der Waals surface area contributed by atoms with E-state index in [-0.39, 0.29) is 16.8 Å². The van der Waals surface area contributed by atoms with Crippen molar-refractivity contribution in [3.63, 3.8) is 0 Å². The Balaban J connectivity index is 1.60. The number of hydrogen-bond donors (Lipinski definition) is 1. The van der Waals surface area contributed by atoms with Gasteiger partial charge in [-0.2, -0.15) is 4.31 Å². The number of nitrogens with zero attached hydrogens (tertiary/aromatic N) is 2. The maximum Gasteiger partial charge on any atom is 0.280 e. The molecule has 1 aromatic carbocycles. The van der Waals surface area contributed by atoms with Gasteiger partial charge in [0.1, 0.15) is 5.75 Å². The zero-order valence-corrected chi connectivity index (χ0v) is 16.3. The summed E-state index contributed by atoms with van der Waals surface area (Å²) in [5, 5.41) is 0. The Morgan fingerprint density at radius 3 is 2.19 bits per heavy atom. The SMILES string of the molecule is COc1ccc(S(=O)(=O)N2CC[NH+]([C@@H](C)C(=O)N3CCCC3)CC2)cc1. The van der Waals surface area contributed by atoms with Crippen molar-refractivity contribution in [2.75, 3.05) is 46.4 Å². The van der Waals surface area contributed by atoms with Gasteiger partial charge in [-0.05, 0) is 44.0 Å². The molecule has 8 heteroatoms. The smallest absolute Gasteiger partial charge is 0.280 e. The highest BCUT2D eigenvalue weighted by molar-refractivity contribution is 7.89. The first-order chi connectivity index (χ1) is 12.4. The fourth-order valence-corrected chi connectivity index (χ4v) is 5.17. The van der Waals surface area contributed by atoms with Crippen LogP contribution >= 0.6 is 0 Å². The molecule has 0 bridgehead atoms. The van der Waals surface area contributed by atoms with Gasteiger partial charge >= 0.3 is 0 Å². The molecule has 26 heavy (non-hydrogen) atoms. The standard InChI is InChI=1S/C18H27N3O4S/c1-15(18(22)20-9-3-4-10-20)19-11-13-21(14-12-19)26(23,24)17-7-5-16(25-2)6-8-17/h5-8,15H,3-4,9-14H2,1-2H3/p+1/t15-/m0/s1. The van der Waals surface area contributed by atoms with Crippen molar-refractivity contribution in [1.82, 2.24) is 9.21 Å². The van der Waals surface area contributed by atoms with E-state index in [1.165, 1.54) is 9.21 Å². The third-order valence-corrected chi connectivity index (χ3v) is 7.38. The summed E-state index contributed by atoms with van der Waals surface area (Å²) in [4.78, 5) is 16.0. The Morgan fingerprint density at radius 2 is 1.65 bits per heavy atom. The van der Waals surface area contributed by atoms with Gasteiger partial charge < -0.3 is 14.5 Å². The van der Waals surface area contributed by atoms with Gasteiger partial charge in [-0.3, -0.25) is 4.79 Å². The summed E-state index contributed by atoms with van der Waals surface area (Å²) in [5.41, 5.74) is 0. The average Bonchev–Trinajstić information content (AvgIpc) is 3.21. The molecule has 1 amide bonds. The third kappa shape index (κ3) is 3.87. The van der Waals surface area contributed by atoms with Crippen molar-refractivity contribution in [1.29, 1.82) is 0 Å². The summed E-state index contributed by atoms with van der Waals surface area (Å²) >= 11 is 0. The molecule has 2 heterocycles. The number of carbonyl (C=O) groups is 1. The Morgan fingerprint density at radius 1 is 1.08 bits per heavy atom.